The summed E-state index contributed by atoms with van der Waals surface area (Å²) in [4.78, 5) is 31.6. The van der Waals surface area contributed by atoms with Crippen molar-refractivity contribution in [3.63, 3.8) is 0 Å². The molecule has 8 nitrogen and oxygen atoms in total. The Bertz CT molecular complexity index is 1240. The predicted molar refractivity (Wildman–Crippen MR) is 134 cm³/mol. The van der Waals surface area contributed by atoms with Crippen molar-refractivity contribution in [3.8, 4) is 5.75 Å². The van der Waals surface area contributed by atoms with Gasteiger partial charge < -0.3 is 0 Å². The fourth-order valence-electron chi connectivity index (χ4n) is 4.45. The molecule has 190 valence electrons. The predicted octanol–water partition coefficient (Wildman–Crippen LogP) is 3.91. The third kappa shape index (κ3) is 5.01. The molecule has 1 fully saturated rings. The number of aromatic amines is 1. The summed E-state index contributed by atoms with van der Waals surface area (Å²) in [5, 5.41) is 6.90. The monoisotopic (exact) mass is 511 g/mol. The van der Waals surface area contributed by atoms with Crippen LogP contribution in [0.5, 0.6) is 5.75 Å². The van der Waals surface area contributed by atoms with E-state index in [1.807, 2.05) is 6.07 Å². The van der Waals surface area contributed by atoms with Crippen molar-refractivity contribution < 1.29 is 27.6 Å². The first kappa shape index (κ1) is 25.1. The number of carbonyl (C=O) groups excluding carboxylic acids is 1. The van der Waals surface area contributed by atoms with E-state index in [2.05, 4.69) is 20.6 Å². The molecule has 1 saturated heterocycles. The summed E-state index contributed by atoms with van der Waals surface area (Å²) in [7, 11) is -1.26. The van der Waals surface area contributed by atoms with Crippen molar-refractivity contribution in [1.29, 1.82) is 0 Å². The van der Waals surface area contributed by atoms with Crippen LogP contribution in [0.15, 0.2) is 30.5 Å². The van der Waals surface area contributed by atoms with Crippen LogP contribution in [-0.2, 0) is 11.0 Å². The Labute approximate surface area is 201 Å². The van der Waals surface area contributed by atoms with Gasteiger partial charge in [-0.15, -0.1) is 0 Å². The number of halogens is 3. The Morgan fingerprint density at radius 3 is 2.57 bits per heavy atom. The first-order valence-electron chi connectivity index (χ1n) is 11.3. The number of hydrogen-bond acceptors (Lipinski definition) is 6. The van der Waals surface area contributed by atoms with E-state index in [1.54, 1.807) is 24.0 Å². The maximum absolute atomic E-state index is 13.5. The number of fused-ring (bicyclic) bond motifs is 1. The number of alkyl halides is 3. The quantitative estimate of drug-likeness (QED) is 0.375. The summed E-state index contributed by atoms with van der Waals surface area (Å²) in [6.07, 6.45) is -2.51. The van der Waals surface area contributed by atoms with Crippen LogP contribution in [0.2, 0.25) is 0 Å². The van der Waals surface area contributed by atoms with Gasteiger partial charge in [0.1, 0.15) is 0 Å². The van der Waals surface area contributed by atoms with Gasteiger partial charge in [0, 0.05) is 0 Å². The molecule has 12 heteroatoms. The molecule has 0 unspecified atom stereocenters. The van der Waals surface area contributed by atoms with E-state index in [0.29, 0.717) is 54.9 Å². The second-order valence-corrected chi connectivity index (χ2v) is 12.2. The van der Waals surface area contributed by atoms with Crippen molar-refractivity contribution in [3.05, 3.63) is 36.0 Å². The number of nitrogens with one attached hydrogen (secondary N) is 3. The van der Waals surface area contributed by atoms with Gasteiger partial charge in [0.2, 0.25) is 0 Å². The number of hydrogen-bond donors (Lipinski definition) is 4. The Morgan fingerprint density at radius 1 is 1.26 bits per heavy atom. The summed E-state index contributed by atoms with van der Waals surface area (Å²) in [5.74, 6) is 0.816. The average molecular weight is 511 g/mol. The van der Waals surface area contributed by atoms with Crippen LogP contribution in [0.25, 0.3) is 11.0 Å². The Kier molecular flexibility index (Phi) is 6.83. The fraction of sp³-hybridized carbons (Fsp3) is 0.391. The molecule has 0 aliphatic carbocycles. The number of H-pyrrole nitrogens is 1. The average Bonchev–Trinajstić information content (AvgIpc) is 3.25. The molecule has 3 aromatic rings. The van der Waals surface area contributed by atoms with E-state index < -0.39 is 19.2 Å². The summed E-state index contributed by atoms with van der Waals surface area (Å²) >= 11 is 0. The maximum atomic E-state index is 13.5. The summed E-state index contributed by atoms with van der Waals surface area (Å²) in [6, 6.07) is 6.92. The normalized spacial score (nSPS) is 16.7. The van der Waals surface area contributed by atoms with E-state index in [4.69, 9.17) is 4.74 Å². The molecule has 0 spiro atoms. The van der Waals surface area contributed by atoms with Gasteiger partial charge >= 0.3 is 201 Å². The Hall–Kier alpha value is -3.04. The van der Waals surface area contributed by atoms with Gasteiger partial charge in [-0.1, -0.05) is 0 Å². The molecule has 4 N–H and O–H groups in total. The summed E-state index contributed by atoms with van der Waals surface area (Å²) in [5.41, 5.74) is 0.196. The SMILES string of the molecule is CCNc1cc(Nc2ccc([PH]3(O)CCN(C(C)=O)CC3)cc2OC)nc2[nH]cc(C(F)(F)F)c12. The number of carbonyl (C=O) groups is 1. The second kappa shape index (κ2) is 9.54. The van der Waals surface area contributed by atoms with Crippen LogP contribution in [0.1, 0.15) is 19.4 Å². The molecule has 1 aliphatic heterocycles. The Balaban J connectivity index is 1.64. The summed E-state index contributed by atoms with van der Waals surface area (Å²) in [6.45, 7) is 4.81. The van der Waals surface area contributed by atoms with Gasteiger partial charge in [-0.25, -0.2) is 0 Å². The molecule has 1 amide bonds. The summed E-state index contributed by atoms with van der Waals surface area (Å²) < 4.78 is 45.9. The molecule has 0 bridgehead atoms. The van der Waals surface area contributed by atoms with Gasteiger partial charge in [0.05, 0.1) is 0 Å². The number of anilines is 3. The zero-order valence-electron chi connectivity index (χ0n) is 19.7. The number of pyridine rings is 1. The van der Waals surface area contributed by atoms with E-state index in [1.165, 1.54) is 20.1 Å². The minimum absolute atomic E-state index is 0.00370. The van der Waals surface area contributed by atoms with Crippen LogP contribution < -0.4 is 20.7 Å². The third-order valence-electron chi connectivity index (χ3n) is 6.35. The van der Waals surface area contributed by atoms with E-state index in [-0.39, 0.29) is 16.9 Å². The van der Waals surface area contributed by atoms with Crippen molar-refractivity contribution in [2.75, 3.05) is 49.7 Å². The molecule has 3 heterocycles. The van der Waals surface area contributed by atoms with E-state index in [9.17, 15) is 22.9 Å². The van der Waals surface area contributed by atoms with Gasteiger partial charge in [-0.3, -0.25) is 0 Å². The molecular formula is C23H29F3N5O3P. The Morgan fingerprint density at radius 2 is 1.97 bits per heavy atom. The number of rotatable bonds is 6. The first-order chi connectivity index (χ1) is 16.6. The third-order valence-corrected chi connectivity index (χ3v) is 9.84. The number of nitrogens with zero attached hydrogens (tertiary/aromatic N) is 2. The van der Waals surface area contributed by atoms with Crippen LogP contribution in [0.4, 0.5) is 30.4 Å². The minimum atomic E-state index is -4.51. The molecule has 4 rings (SSSR count). The zero-order chi connectivity index (χ0) is 25.4. The van der Waals surface area contributed by atoms with Crippen LogP contribution in [0.3, 0.4) is 0 Å². The number of benzene rings is 1. The standard InChI is InChI=1S/C23H29F3N5O3P/c1-4-27-18-12-20(30-22-21(18)16(13-28-22)23(24,25)26)29-17-6-5-15(11-19(17)34-3)35(33)9-7-31(8-10-35)14(2)32/h5-6,11-13,33,35H,4,7-10H2,1-3H3,(H3,27,28,29,30). The number of ether oxygens (including phenoxy) is 1. The topological polar surface area (TPSA) is 103 Å². The van der Waals surface area contributed by atoms with E-state index >= 15 is 0 Å². The molecular weight excluding hydrogens is 482 g/mol. The molecule has 1 aromatic carbocycles. The van der Waals surface area contributed by atoms with Gasteiger partial charge in [-0.2, -0.15) is 0 Å². The molecule has 0 saturated carbocycles. The molecule has 1 aliphatic rings. The second-order valence-electron chi connectivity index (χ2n) is 8.59. The number of methoxy groups -OCH3 is 1. The fourth-order valence-corrected chi connectivity index (χ4v) is 7.35. The molecule has 35 heavy (non-hydrogen) atoms. The van der Waals surface area contributed by atoms with Crippen LogP contribution >= 0.6 is 7.49 Å². The van der Waals surface area contributed by atoms with Crippen LogP contribution in [0, 0.1) is 0 Å². The molecule has 2 aromatic heterocycles. The molecule has 0 atom stereocenters. The first-order valence-corrected chi connectivity index (χ1v) is 13.7. The van der Waals surface area contributed by atoms with Gasteiger partial charge in [0.25, 0.3) is 0 Å². The molecule has 0 radical (unpaired) electrons. The van der Waals surface area contributed by atoms with E-state index in [0.717, 1.165) is 11.5 Å². The van der Waals surface area contributed by atoms with Gasteiger partial charge in [-0.05, 0) is 0 Å². The van der Waals surface area contributed by atoms with Crippen molar-refractivity contribution in [2.24, 2.45) is 0 Å². The van der Waals surface area contributed by atoms with Crippen LogP contribution in [-0.4, -0.2) is 64.7 Å². The van der Waals surface area contributed by atoms with Crippen molar-refractivity contribution in [1.82, 2.24) is 14.9 Å². The van der Waals surface area contributed by atoms with Gasteiger partial charge in [0.15, 0.2) is 0 Å². The zero-order valence-corrected chi connectivity index (χ0v) is 20.7. The van der Waals surface area contributed by atoms with Crippen molar-refractivity contribution in [2.45, 2.75) is 20.0 Å². The van der Waals surface area contributed by atoms with Crippen molar-refractivity contribution >= 4 is 46.9 Å². The number of amides is 1. The number of aromatic nitrogens is 2.